The average Bonchev–Trinajstić information content (AvgIpc) is 3.13. The first-order valence-electron chi connectivity index (χ1n) is 8.26. The number of esters is 1. The molecule has 0 N–H and O–H groups in total. The van der Waals surface area contributed by atoms with E-state index in [9.17, 15) is 18.0 Å². The summed E-state index contributed by atoms with van der Waals surface area (Å²) in [5.41, 5.74) is 0. The van der Waals surface area contributed by atoms with Gasteiger partial charge in [-0.1, -0.05) is 13.8 Å². The molecule has 0 aliphatic carbocycles. The molecule has 1 saturated heterocycles. The summed E-state index contributed by atoms with van der Waals surface area (Å²) in [5, 5.41) is 0. The van der Waals surface area contributed by atoms with E-state index in [4.69, 9.17) is 9.15 Å². The van der Waals surface area contributed by atoms with Gasteiger partial charge in [-0.25, -0.2) is 13.2 Å². The van der Waals surface area contributed by atoms with Gasteiger partial charge in [-0.3, -0.25) is 4.79 Å². The first-order chi connectivity index (χ1) is 12.2. The molecule has 1 aliphatic heterocycles. The fourth-order valence-corrected chi connectivity index (χ4v) is 4.75. The van der Waals surface area contributed by atoms with Gasteiger partial charge in [-0.05, 0) is 46.5 Å². The average molecular weight is 448 g/mol. The van der Waals surface area contributed by atoms with E-state index in [-0.39, 0.29) is 29.4 Å². The highest BCUT2D eigenvalue weighted by atomic mass is 79.9. The van der Waals surface area contributed by atoms with Gasteiger partial charge in [0.1, 0.15) is 5.76 Å². The van der Waals surface area contributed by atoms with Crippen molar-refractivity contribution in [3.63, 3.8) is 0 Å². The molecule has 1 fully saturated rings. The van der Waals surface area contributed by atoms with E-state index < -0.39 is 22.4 Å². The number of carbonyl (C=O) groups is 2. The minimum Gasteiger partial charge on any atom is -0.452 e. The standard InChI is InChI=1S/C17H22BrNO6S/c1-12(2)9-19(13-7-8-26(22,23)11-13)16(20)10-24-17(21)6-4-14-3-5-15(18)25-14/h3-6,12-13H,7-11H2,1-2H3/b6-4+. The molecular weight excluding hydrogens is 426 g/mol. The molecule has 0 radical (unpaired) electrons. The Morgan fingerprint density at radius 3 is 2.69 bits per heavy atom. The van der Waals surface area contributed by atoms with Gasteiger partial charge in [0.25, 0.3) is 5.91 Å². The Labute approximate surface area is 161 Å². The fraction of sp³-hybridized carbons (Fsp3) is 0.529. The molecule has 1 unspecified atom stereocenters. The molecule has 26 heavy (non-hydrogen) atoms. The maximum absolute atomic E-state index is 12.5. The van der Waals surface area contributed by atoms with Crippen molar-refractivity contribution in [2.45, 2.75) is 26.3 Å². The maximum Gasteiger partial charge on any atom is 0.331 e. The van der Waals surface area contributed by atoms with Crippen molar-refractivity contribution < 1.29 is 27.2 Å². The zero-order valence-electron chi connectivity index (χ0n) is 14.7. The van der Waals surface area contributed by atoms with Gasteiger partial charge in [0, 0.05) is 18.7 Å². The highest BCUT2D eigenvalue weighted by Gasteiger charge is 2.35. The summed E-state index contributed by atoms with van der Waals surface area (Å²) >= 11 is 3.15. The Balaban J connectivity index is 1.92. The van der Waals surface area contributed by atoms with E-state index in [0.29, 0.717) is 23.4 Å². The molecular formula is C17H22BrNO6S. The van der Waals surface area contributed by atoms with Crippen LogP contribution in [0.1, 0.15) is 26.0 Å². The number of amides is 1. The van der Waals surface area contributed by atoms with Crippen LogP contribution in [0.3, 0.4) is 0 Å². The van der Waals surface area contributed by atoms with Crippen molar-refractivity contribution in [2.24, 2.45) is 5.92 Å². The number of carbonyl (C=O) groups excluding carboxylic acids is 2. The molecule has 1 aliphatic rings. The van der Waals surface area contributed by atoms with Crippen molar-refractivity contribution in [3.8, 4) is 0 Å². The zero-order chi connectivity index (χ0) is 19.3. The molecule has 0 spiro atoms. The van der Waals surface area contributed by atoms with Crippen LogP contribution in [0.4, 0.5) is 0 Å². The predicted molar refractivity (Wildman–Crippen MR) is 100 cm³/mol. The smallest absolute Gasteiger partial charge is 0.331 e. The molecule has 1 amide bonds. The summed E-state index contributed by atoms with van der Waals surface area (Å²) in [6, 6.07) is 3.00. The van der Waals surface area contributed by atoms with Crippen LogP contribution in [0, 0.1) is 5.92 Å². The van der Waals surface area contributed by atoms with Crippen molar-refractivity contribution in [1.82, 2.24) is 4.90 Å². The minimum absolute atomic E-state index is 0.0350. The van der Waals surface area contributed by atoms with E-state index in [1.807, 2.05) is 13.8 Å². The molecule has 2 heterocycles. The Bertz CT molecular complexity index is 783. The van der Waals surface area contributed by atoms with Crippen LogP contribution in [0.15, 0.2) is 27.3 Å². The summed E-state index contributed by atoms with van der Waals surface area (Å²) in [5.74, 6) is -0.362. The fourth-order valence-electron chi connectivity index (χ4n) is 2.70. The second kappa shape index (κ2) is 8.85. The molecule has 7 nitrogen and oxygen atoms in total. The van der Waals surface area contributed by atoms with Gasteiger partial charge >= 0.3 is 5.97 Å². The predicted octanol–water partition coefficient (Wildman–Crippen LogP) is 2.27. The lowest BCUT2D eigenvalue weighted by Crippen LogP contribution is -2.45. The number of furan rings is 1. The summed E-state index contributed by atoms with van der Waals surface area (Å²) in [4.78, 5) is 25.8. The van der Waals surface area contributed by atoms with Crippen LogP contribution in [0.25, 0.3) is 6.08 Å². The number of hydrogen-bond donors (Lipinski definition) is 0. The Morgan fingerprint density at radius 1 is 1.42 bits per heavy atom. The number of halogens is 1. The van der Waals surface area contributed by atoms with Crippen molar-refractivity contribution in [2.75, 3.05) is 24.7 Å². The lowest BCUT2D eigenvalue weighted by Gasteiger charge is -2.29. The molecule has 0 saturated carbocycles. The number of nitrogens with zero attached hydrogens (tertiary/aromatic N) is 1. The van der Waals surface area contributed by atoms with Crippen molar-refractivity contribution >= 4 is 43.7 Å². The normalized spacial score (nSPS) is 19.2. The van der Waals surface area contributed by atoms with Crippen LogP contribution in [0.5, 0.6) is 0 Å². The van der Waals surface area contributed by atoms with E-state index in [0.717, 1.165) is 0 Å². The number of rotatable bonds is 7. The Hall–Kier alpha value is -1.61. The highest BCUT2D eigenvalue weighted by Crippen LogP contribution is 2.19. The van der Waals surface area contributed by atoms with Gasteiger partial charge < -0.3 is 14.1 Å². The summed E-state index contributed by atoms with van der Waals surface area (Å²) < 4.78 is 34.1. The summed E-state index contributed by atoms with van der Waals surface area (Å²) in [7, 11) is -3.11. The maximum atomic E-state index is 12.5. The monoisotopic (exact) mass is 447 g/mol. The molecule has 144 valence electrons. The third-order valence-corrected chi connectivity index (χ3v) is 6.02. The Morgan fingerprint density at radius 2 is 2.15 bits per heavy atom. The molecule has 0 aromatic carbocycles. The largest absolute Gasteiger partial charge is 0.452 e. The van der Waals surface area contributed by atoms with Gasteiger partial charge in [0.05, 0.1) is 11.5 Å². The molecule has 9 heteroatoms. The Kier molecular flexibility index (Phi) is 7.05. The molecule has 2 rings (SSSR count). The van der Waals surface area contributed by atoms with E-state index >= 15 is 0 Å². The van der Waals surface area contributed by atoms with E-state index in [1.165, 1.54) is 17.1 Å². The first kappa shape index (κ1) is 20.7. The van der Waals surface area contributed by atoms with Crippen molar-refractivity contribution in [3.05, 3.63) is 28.6 Å². The van der Waals surface area contributed by atoms with Crippen LogP contribution < -0.4 is 0 Å². The molecule has 1 aromatic heterocycles. The second-order valence-electron chi connectivity index (χ2n) is 6.58. The van der Waals surface area contributed by atoms with Crippen molar-refractivity contribution in [1.29, 1.82) is 0 Å². The van der Waals surface area contributed by atoms with Gasteiger partial charge in [0.15, 0.2) is 21.1 Å². The van der Waals surface area contributed by atoms with Gasteiger partial charge in [0.2, 0.25) is 0 Å². The van der Waals surface area contributed by atoms with Crippen LogP contribution >= 0.6 is 15.9 Å². The van der Waals surface area contributed by atoms with Crippen LogP contribution in [-0.2, 0) is 24.2 Å². The second-order valence-corrected chi connectivity index (χ2v) is 9.59. The summed E-state index contributed by atoms with van der Waals surface area (Å²) in [6.45, 7) is 3.89. The summed E-state index contributed by atoms with van der Waals surface area (Å²) in [6.07, 6.45) is 3.03. The van der Waals surface area contributed by atoms with Gasteiger partial charge in [-0.15, -0.1) is 0 Å². The molecule has 1 atom stereocenters. The number of hydrogen-bond acceptors (Lipinski definition) is 6. The molecule has 1 aromatic rings. The SMILES string of the molecule is CC(C)CN(C(=O)COC(=O)/C=C/c1ccc(Br)o1)C1CCS(=O)(=O)C1. The highest BCUT2D eigenvalue weighted by molar-refractivity contribution is 9.10. The minimum atomic E-state index is -3.11. The topological polar surface area (TPSA) is 93.9 Å². The third-order valence-electron chi connectivity index (χ3n) is 3.85. The number of sulfone groups is 1. The third kappa shape index (κ3) is 6.28. The van der Waals surface area contributed by atoms with E-state index in [2.05, 4.69) is 15.9 Å². The van der Waals surface area contributed by atoms with Crippen LogP contribution in [0.2, 0.25) is 0 Å². The lowest BCUT2D eigenvalue weighted by atomic mass is 10.1. The van der Waals surface area contributed by atoms with E-state index in [1.54, 1.807) is 12.1 Å². The number of ether oxygens (including phenoxy) is 1. The van der Waals surface area contributed by atoms with Gasteiger partial charge in [-0.2, -0.15) is 0 Å². The van der Waals surface area contributed by atoms with Crippen LogP contribution in [-0.4, -0.2) is 55.9 Å². The lowest BCUT2D eigenvalue weighted by molar-refractivity contribution is -0.149. The quantitative estimate of drug-likeness (QED) is 0.469. The zero-order valence-corrected chi connectivity index (χ0v) is 17.1. The molecule has 0 bridgehead atoms. The first-order valence-corrected chi connectivity index (χ1v) is 10.9.